The normalized spacial score (nSPS) is 11.3. The van der Waals surface area contributed by atoms with Gasteiger partial charge in [-0.15, -0.1) is 0 Å². The maximum absolute atomic E-state index is 10.2. The Balaban J connectivity index is 0. The molecule has 1 N–H and O–H groups in total. The summed E-state index contributed by atoms with van der Waals surface area (Å²) in [6.45, 7) is 4.18. The first-order chi connectivity index (χ1) is 4.92. The molecule has 0 saturated carbocycles. The quantitative estimate of drug-likeness (QED) is 0.398. The number of unbranched alkanes of at least 4 members (excludes halogenated alkanes) is 1. The van der Waals surface area contributed by atoms with Gasteiger partial charge in [-0.2, -0.15) is 8.42 Å². The summed E-state index contributed by atoms with van der Waals surface area (Å²) in [5.74, 6) is 0.510. The molecule has 5 heteroatoms. The summed E-state index contributed by atoms with van der Waals surface area (Å²) >= 11 is 0. The zero-order chi connectivity index (χ0) is 8.91. The molecule has 0 amide bonds. The van der Waals surface area contributed by atoms with Crippen molar-refractivity contribution in [3.05, 3.63) is 0 Å². The summed E-state index contributed by atoms with van der Waals surface area (Å²) < 4.78 is 28.8. The van der Waals surface area contributed by atoms with E-state index in [0.717, 1.165) is 12.8 Å². The van der Waals surface area contributed by atoms with E-state index < -0.39 is 10.1 Å². The van der Waals surface area contributed by atoms with Crippen molar-refractivity contribution < 1.29 is 13.0 Å². The van der Waals surface area contributed by atoms with Crippen molar-refractivity contribution in [3.63, 3.8) is 0 Å². The Morgan fingerprint density at radius 3 is 2.08 bits per heavy atom. The van der Waals surface area contributed by atoms with Gasteiger partial charge < -0.3 is 0 Å². The summed E-state index contributed by atoms with van der Waals surface area (Å²) in [5.41, 5.74) is 0. The summed E-state index contributed by atoms with van der Waals surface area (Å²) in [6, 6.07) is 0. The van der Waals surface area contributed by atoms with Gasteiger partial charge in [0.2, 0.25) is 0 Å². The van der Waals surface area contributed by atoms with Gasteiger partial charge in [0, 0.05) is 0 Å². The third-order valence-corrected chi connectivity index (χ3v) is 2.24. The van der Waals surface area contributed by atoms with E-state index in [9.17, 15) is 8.42 Å². The van der Waals surface area contributed by atoms with E-state index in [1.165, 1.54) is 0 Å². The van der Waals surface area contributed by atoms with Gasteiger partial charge in [-0.05, 0) is 12.3 Å². The Morgan fingerprint density at radius 1 is 1.25 bits per heavy atom. The fourth-order valence-corrected chi connectivity index (χ4v) is 1.41. The van der Waals surface area contributed by atoms with E-state index in [1.807, 2.05) is 0 Å². The molecule has 0 radical (unpaired) electrons. The molecule has 0 aliphatic carbocycles. The van der Waals surface area contributed by atoms with E-state index in [-0.39, 0.29) is 24.6 Å². The molecule has 0 aromatic rings. The molecule has 3 nitrogen and oxygen atoms in total. The first-order valence-corrected chi connectivity index (χ1v) is 5.48. The minimum absolute atomic E-state index is 0. The third kappa shape index (κ3) is 13.1. The molecule has 0 unspecified atom stereocenters. The van der Waals surface area contributed by atoms with E-state index in [2.05, 4.69) is 13.8 Å². The number of hydrogen-bond acceptors (Lipinski definition) is 2. The Hall–Kier alpha value is 0.507. The van der Waals surface area contributed by atoms with E-state index in [0.29, 0.717) is 12.3 Å². The van der Waals surface area contributed by atoms with Gasteiger partial charge in [-0.25, -0.2) is 0 Å². The molecule has 0 saturated heterocycles. The second-order valence-corrected chi connectivity index (χ2v) is 4.75. The van der Waals surface area contributed by atoms with Gasteiger partial charge in [0.1, 0.15) is 0 Å². The van der Waals surface area contributed by atoms with Gasteiger partial charge in [-0.3, -0.25) is 4.55 Å². The van der Waals surface area contributed by atoms with Crippen LogP contribution in [0.3, 0.4) is 0 Å². The third-order valence-electron chi connectivity index (χ3n) is 1.43. The molecule has 0 bridgehead atoms. The maximum atomic E-state index is 10.2. The zero-order valence-electron chi connectivity index (χ0n) is 7.08. The molecular formula is C7H17LiO3S. The first-order valence-electron chi connectivity index (χ1n) is 3.87. The topological polar surface area (TPSA) is 54.4 Å². The molecule has 0 aliphatic rings. The minimum atomic E-state index is -3.72. The standard InChI is InChI=1S/C7H16O3S.Li.H/c1-7(2)5-3-4-6-11(8,9)10;;/h7H,3-6H2,1-2H3,(H,8,9,10);;. The fourth-order valence-electron chi connectivity index (χ4n) is 0.837. The molecular weight excluding hydrogens is 171 g/mol. The first kappa shape index (κ1) is 15.0. The van der Waals surface area contributed by atoms with Gasteiger partial charge in [0.15, 0.2) is 0 Å². The molecule has 12 heavy (non-hydrogen) atoms. The van der Waals surface area contributed by atoms with Crippen LogP contribution in [-0.2, 0) is 10.1 Å². The molecule has 70 valence electrons. The summed E-state index contributed by atoms with van der Waals surface area (Å²) in [4.78, 5) is 0. The van der Waals surface area contributed by atoms with Crippen molar-refractivity contribution in [2.75, 3.05) is 5.75 Å². The van der Waals surface area contributed by atoms with Crippen LogP contribution in [-0.4, -0.2) is 37.6 Å². The second kappa shape index (κ2) is 6.96. The average Bonchev–Trinajstić information content (AvgIpc) is 1.78. The molecule has 0 heterocycles. The SMILES string of the molecule is CC(C)CCCCS(=O)(=O)O.[LiH]. The van der Waals surface area contributed by atoms with Crippen LogP contribution in [0.25, 0.3) is 0 Å². The van der Waals surface area contributed by atoms with Gasteiger partial charge in [0.05, 0.1) is 5.75 Å². The van der Waals surface area contributed by atoms with Crippen molar-refractivity contribution in [1.82, 2.24) is 0 Å². The fraction of sp³-hybridized carbons (Fsp3) is 1.00. The van der Waals surface area contributed by atoms with Crippen LogP contribution in [0.2, 0.25) is 0 Å². The monoisotopic (exact) mass is 188 g/mol. The van der Waals surface area contributed by atoms with Crippen molar-refractivity contribution >= 4 is 29.0 Å². The van der Waals surface area contributed by atoms with Gasteiger partial charge in [0.25, 0.3) is 10.1 Å². The predicted molar refractivity (Wildman–Crippen MR) is 52.3 cm³/mol. The second-order valence-electron chi connectivity index (χ2n) is 3.18. The molecule has 0 rings (SSSR count). The molecule has 0 spiro atoms. The molecule has 0 atom stereocenters. The van der Waals surface area contributed by atoms with Gasteiger partial charge >= 0.3 is 18.9 Å². The van der Waals surface area contributed by atoms with Crippen LogP contribution in [0.5, 0.6) is 0 Å². The average molecular weight is 188 g/mol. The van der Waals surface area contributed by atoms with E-state index in [1.54, 1.807) is 0 Å². The summed E-state index contributed by atoms with van der Waals surface area (Å²) in [5, 5.41) is 0. The van der Waals surface area contributed by atoms with Crippen LogP contribution < -0.4 is 0 Å². The predicted octanol–water partition coefficient (Wildman–Crippen LogP) is 1.05. The van der Waals surface area contributed by atoms with Crippen LogP contribution >= 0.6 is 0 Å². The number of rotatable bonds is 5. The van der Waals surface area contributed by atoms with Crippen LogP contribution in [0, 0.1) is 5.92 Å². The molecule has 0 aliphatic heterocycles. The van der Waals surface area contributed by atoms with E-state index >= 15 is 0 Å². The zero-order valence-corrected chi connectivity index (χ0v) is 7.89. The van der Waals surface area contributed by atoms with Crippen LogP contribution in [0.15, 0.2) is 0 Å². The Bertz CT molecular complexity index is 187. The Labute approximate surface area is 86.9 Å². The van der Waals surface area contributed by atoms with Crippen molar-refractivity contribution in [1.29, 1.82) is 0 Å². The van der Waals surface area contributed by atoms with Crippen molar-refractivity contribution in [3.8, 4) is 0 Å². The Morgan fingerprint density at radius 2 is 1.75 bits per heavy atom. The molecule has 0 aromatic carbocycles. The Kier molecular flexibility index (Phi) is 8.71. The summed E-state index contributed by atoms with van der Waals surface area (Å²) in [6.07, 6.45) is 2.46. The van der Waals surface area contributed by atoms with Crippen LogP contribution in [0.4, 0.5) is 0 Å². The number of hydrogen-bond donors (Lipinski definition) is 1. The van der Waals surface area contributed by atoms with Crippen molar-refractivity contribution in [2.24, 2.45) is 5.92 Å². The summed E-state index contributed by atoms with van der Waals surface area (Å²) in [7, 11) is -3.72. The molecule has 0 fully saturated rings. The van der Waals surface area contributed by atoms with Gasteiger partial charge in [-0.1, -0.05) is 26.7 Å². The van der Waals surface area contributed by atoms with Crippen molar-refractivity contribution in [2.45, 2.75) is 33.1 Å². The van der Waals surface area contributed by atoms with E-state index in [4.69, 9.17) is 4.55 Å². The molecule has 0 aromatic heterocycles. The van der Waals surface area contributed by atoms with Crippen LogP contribution in [0.1, 0.15) is 33.1 Å².